The van der Waals surface area contributed by atoms with E-state index in [1.165, 1.54) is 0 Å². The highest BCUT2D eigenvalue weighted by atomic mass is 32.1. The molecule has 0 aliphatic carbocycles. The van der Waals surface area contributed by atoms with Crippen LogP contribution >= 0.6 is 11.3 Å². The number of hydrazone groups is 1. The first-order valence-electron chi connectivity index (χ1n) is 9.68. The van der Waals surface area contributed by atoms with Crippen molar-refractivity contribution in [2.45, 2.75) is 13.3 Å². The van der Waals surface area contributed by atoms with E-state index in [1.54, 1.807) is 18.4 Å². The summed E-state index contributed by atoms with van der Waals surface area (Å²) in [7, 11) is 1.67. The van der Waals surface area contributed by atoms with Gasteiger partial charge in [-0.2, -0.15) is 5.10 Å². The van der Waals surface area contributed by atoms with Gasteiger partial charge in [0.25, 0.3) is 0 Å². The van der Waals surface area contributed by atoms with E-state index >= 15 is 0 Å². The number of ether oxygens (including phenoxy) is 2. The summed E-state index contributed by atoms with van der Waals surface area (Å²) >= 11 is 1.66. The summed E-state index contributed by atoms with van der Waals surface area (Å²) in [4.78, 5) is 15.0. The summed E-state index contributed by atoms with van der Waals surface area (Å²) in [6.45, 7) is 7.77. The van der Waals surface area contributed by atoms with E-state index in [0.717, 1.165) is 64.9 Å². The third kappa shape index (κ3) is 4.14. The van der Waals surface area contributed by atoms with E-state index in [0.29, 0.717) is 13.0 Å². The normalized spacial score (nSPS) is 20.7. The fraction of sp³-hybridized carbons (Fsp3) is 0.500. The lowest BCUT2D eigenvalue weighted by atomic mass is 9.99. The van der Waals surface area contributed by atoms with Gasteiger partial charge in [0, 0.05) is 55.8 Å². The van der Waals surface area contributed by atoms with E-state index in [9.17, 15) is 4.79 Å². The predicted molar refractivity (Wildman–Crippen MR) is 112 cm³/mol. The van der Waals surface area contributed by atoms with Gasteiger partial charge in [-0.05, 0) is 17.5 Å². The van der Waals surface area contributed by atoms with Crippen LogP contribution in [-0.4, -0.2) is 63.0 Å². The van der Waals surface area contributed by atoms with E-state index < -0.39 is 0 Å². The van der Waals surface area contributed by atoms with Crippen molar-refractivity contribution >= 4 is 33.0 Å². The fourth-order valence-corrected chi connectivity index (χ4v) is 4.79. The van der Waals surface area contributed by atoms with Gasteiger partial charge in [-0.15, -0.1) is 11.3 Å². The van der Waals surface area contributed by atoms with Gasteiger partial charge in [0.05, 0.1) is 17.7 Å². The van der Waals surface area contributed by atoms with Crippen LogP contribution in [0.5, 0.6) is 11.5 Å². The molecule has 8 heteroatoms. The molecule has 4 rings (SSSR count). The summed E-state index contributed by atoms with van der Waals surface area (Å²) in [6, 6.07) is 6.18. The SMILES string of the molecule is COc1cc2sc(C3=NNC(=O)CC3C)cc2cc1OCCN1CCNCC1. The van der Waals surface area contributed by atoms with Crippen molar-refractivity contribution in [1.29, 1.82) is 0 Å². The third-order valence-electron chi connectivity index (χ3n) is 5.19. The molecule has 1 fully saturated rings. The minimum absolute atomic E-state index is 0.0285. The zero-order valence-corrected chi connectivity index (χ0v) is 17.1. The number of piperazine rings is 1. The van der Waals surface area contributed by atoms with Crippen molar-refractivity contribution in [2.75, 3.05) is 46.4 Å². The highest BCUT2D eigenvalue weighted by Crippen LogP contribution is 2.37. The second-order valence-corrected chi connectivity index (χ2v) is 8.31. The minimum Gasteiger partial charge on any atom is -0.493 e. The van der Waals surface area contributed by atoms with Crippen molar-refractivity contribution in [3.8, 4) is 11.5 Å². The molecule has 3 heterocycles. The van der Waals surface area contributed by atoms with Crippen LogP contribution < -0.4 is 20.2 Å². The van der Waals surface area contributed by atoms with Crippen molar-refractivity contribution < 1.29 is 14.3 Å². The largest absolute Gasteiger partial charge is 0.493 e. The maximum atomic E-state index is 11.5. The fourth-order valence-electron chi connectivity index (χ4n) is 3.62. The van der Waals surface area contributed by atoms with Crippen LogP contribution in [0.4, 0.5) is 0 Å². The van der Waals surface area contributed by atoms with E-state index in [4.69, 9.17) is 9.47 Å². The Morgan fingerprint density at radius 2 is 2.07 bits per heavy atom. The molecule has 2 N–H and O–H groups in total. The van der Waals surface area contributed by atoms with Gasteiger partial charge in [0.2, 0.25) is 5.91 Å². The molecule has 0 saturated carbocycles. The first-order chi connectivity index (χ1) is 13.6. The number of hydrogen-bond donors (Lipinski definition) is 2. The maximum absolute atomic E-state index is 11.5. The Kier molecular flexibility index (Phi) is 5.79. The molecule has 1 unspecified atom stereocenters. The second kappa shape index (κ2) is 8.46. The Morgan fingerprint density at radius 3 is 2.82 bits per heavy atom. The van der Waals surface area contributed by atoms with Gasteiger partial charge in [-0.25, -0.2) is 5.43 Å². The van der Waals surface area contributed by atoms with Crippen LogP contribution in [0.1, 0.15) is 18.2 Å². The molecule has 1 aromatic carbocycles. The summed E-state index contributed by atoms with van der Waals surface area (Å²) in [5, 5.41) is 8.74. The molecule has 2 aliphatic heterocycles. The molecule has 0 bridgehead atoms. The molecule has 1 atom stereocenters. The average Bonchev–Trinajstić information content (AvgIpc) is 3.10. The summed E-state index contributed by atoms with van der Waals surface area (Å²) in [5.74, 6) is 1.59. The summed E-state index contributed by atoms with van der Waals surface area (Å²) < 4.78 is 12.7. The number of rotatable bonds is 6. The Hall–Kier alpha value is -2.16. The first-order valence-corrected chi connectivity index (χ1v) is 10.5. The van der Waals surface area contributed by atoms with Gasteiger partial charge >= 0.3 is 0 Å². The lowest BCUT2D eigenvalue weighted by molar-refractivity contribution is -0.121. The Bertz CT molecular complexity index is 889. The molecule has 2 aromatic rings. The lowest BCUT2D eigenvalue weighted by Gasteiger charge is -2.27. The minimum atomic E-state index is -0.0285. The molecule has 2 aliphatic rings. The van der Waals surface area contributed by atoms with E-state index in [-0.39, 0.29) is 11.8 Å². The quantitative estimate of drug-likeness (QED) is 0.774. The Balaban J connectivity index is 1.52. The smallest absolute Gasteiger partial charge is 0.240 e. The molecule has 1 amide bonds. The molecule has 1 saturated heterocycles. The topological polar surface area (TPSA) is 75.2 Å². The molecule has 28 heavy (non-hydrogen) atoms. The summed E-state index contributed by atoms with van der Waals surface area (Å²) in [6.07, 6.45) is 0.469. The second-order valence-electron chi connectivity index (χ2n) is 7.23. The van der Waals surface area contributed by atoms with Gasteiger partial charge < -0.3 is 14.8 Å². The molecular formula is C20H26N4O3S. The van der Waals surface area contributed by atoms with Crippen LogP contribution in [0.15, 0.2) is 23.3 Å². The van der Waals surface area contributed by atoms with Crippen molar-refractivity contribution in [1.82, 2.24) is 15.6 Å². The monoisotopic (exact) mass is 402 g/mol. The van der Waals surface area contributed by atoms with Crippen molar-refractivity contribution in [3.63, 3.8) is 0 Å². The number of amides is 1. The number of fused-ring (bicyclic) bond motifs is 1. The number of nitrogens with one attached hydrogen (secondary N) is 2. The van der Waals surface area contributed by atoms with Gasteiger partial charge in [-0.1, -0.05) is 6.92 Å². The van der Waals surface area contributed by atoms with Crippen LogP contribution in [0.25, 0.3) is 10.1 Å². The highest BCUT2D eigenvalue weighted by Gasteiger charge is 2.23. The number of benzene rings is 1. The van der Waals surface area contributed by atoms with E-state index in [2.05, 4.69) is 26.8 Å². The standard InChI is InChI=1S/C20H26N4O3S/c1-13-9-19(25)22-23-20(13)18-11-14-10-16(15(26-2)12-17(14)28-18)27-8-7-24-5-3-21-4-6-24/h10-13,21H,3-9H2,1-2H3,(H,22,25). The third-order valence-corrected chi connectivity index (χ3v) is 6.31. The lowest BCUT2D eigenvalue weighted by Crippen LogP contribution is -2.44. The maximum Gasteiger partial charge on any atom is 0.240 e. The number of methoxy groups -OCH3 is 1. The number of nitrogens with zero attached hydrogens (tertiary/aromatic N) is 2. The molecule has 0 spiro atoms. The predicted octanol–water partition coefficient (Wildman–Crippen LogP) is 2.05. The average molecular weight is 403 g/mol. The molecular weight excluding hydrogens is 376 g/mol. The summed E-state index contributed by atoms with van der Waals surface area (Å²) in [5.41, 5.74) is 3.53. The van der Waals surface area contributed by atoms with Gasteiger partial charge in [-0.3, -0.25) is 9.69 Å². The van der Waals surface area contributed by atoms with Crippen molar-refractivity contribution in [2.24, 2.45) is 11.0 Å². The molecule has 1 aromatic heterocycles. The zero-order chi connectivity index (χ0) is 19.5. The van der Waals surface area contributed by atoms with Gasteiger partial charge in [0.15, 0.2) is 11.5 Å². The highest BCUT2D eigenvalue weighted by molar-refractivity contribution is 7.21. The van der Waals surface area contributed by atoms with E-state index in [1.807, 2.05) is 19.1 Å². The first kappa shape index (κ1) is 19.2. The number of thiophene rings is 1. The van der Waals surface area contributed by atoms with Crippen LogP contribution in [0.2, 0.25) is 0 Å². The van der Waals surface area contributed by atoms with Gasteiger partial charge in [0.1, 0.15) is 6.61 Å². The van der Waals surface area contributed by atoms with Crippen LogP contribution in [0.3, 0.4) is 0 Å². The van der Waals surface area contributed by atoms with Crippen LogP contribution in [0, 0.1) is 5.92 Å². The Labute approximate surface area is 168 Å². The number of hydrogen-bond acceptors (Lipinski definition) is 7. The number of carbonyl (C=O) groups excluding carboxylic acids is 1. The molecule has 0 radical (unpaired) electrons. The number of carbonyl (C=O) groups is 1. The molecule has 7 nitrogen and oxygen atoms in total. The van der Waals surface area contributed by atoms with Crippen LogP contribution in [-0.2, 0) is 4.79 Å². The zero-order valence-electron chi connectivity index (χ0n) is 16.3. The molecule has 150 valence electrons. The van der Waals surface area contributed by atoms with Crippen molar-refractivity contribution in [3.05, 3.63) is 23.1 Å². The Morgan fingerprint density at radius 1 is 1.25 bits per heavy atom.